The molecule has 0 bridgehead atoms. The number of nitrogens with two attached hydrogens (primary N) is 1. The van der Waals surface area contributed by atoms with Crippen molar-refractivity contribution in [3.63, 3.8) is 0 Å². The smallest absolute Gasteiger partial charge is 0.244 e. The minimum atomic E-state index is -0.659. The summed E-state index contributed by atoms with van der Waals surface area (Å²) in [5.41, 5.74) is 7.35. The molecule has 7 heteroatoms. The van der Waals surface area contributed by atoms with Crippen molar-refractivity contribution in [1.82, 2.24) is 4.98 Å². The van der Waals surface area contributed by atoms with Crippen LogP contribution in [0.15, 0.2) is 53.7 Å². The van der Waals surface area contributed by atoms with Crippen LogP contribution in [0.4, 0.5) is 5.69 Å². The molecule has 2 aromatic rings. The quantitative estimate of drug-likeness (QED) is 0.762. The number of nitrogens with one attached hydrogen (secondary N) is 1. The van der Waals surface area contributed by atoms with Gasteiger partial charge in [0, 0.05) is 28.7 Å². The Balaban J connectivity index is 0.00000144. The van der Waals surface area contributed by atoms with Gasteiger partial charge in [0.1, 0.15) is 0 Å². The lowest BCUT2D eigenvalue weighted by Crippen LogP contribution is -2.56. The molecule has 0 spiro atoms. The predicted molar refractivity (Wildman–Crippen MR) is 104 cm³/mol. The molecule has 24 heavy (non-hydrogen) atoms. The zero-order valence-corrected chi connectivity index (χ0v) is 15.6. The molecule has 4 nitrogen and oxygen atoms in total. The normalized spacial score (nSPS) is 14.5. The van der Waals surface area contributed by atoms with Crippen LogP contribution in [-0.4, -0.2) is 16.4 Å². The fraction of sp³-hybridized carbons (Fsp3) is 0.294. The van der Waals surface area contributed by atoms with Crippen molar-refractivity contribution in [2.24, 2.45) is 5.73 Å². The molecule has 1 fully saturated rings. The first-order chi connectivity index (χ1) is 10.7. The molecule has 1 heterocycles. The average molecular weight is 386 g/mol. The molecule has 0 radical (unpaired) electrons. The SMILES string of the molecule is Cl.Cl.NC1(C(=O)Nc2ccc(SCc3cccnc3)cc2)CCC1. The van der Waals surface area contributed by atoms with Gasteiger partial charge in [0.2, 0.25) is 5.91 Å². The lowest BCUT2D eigenvalue weighted by Gasteiger charge is -2.36. The average Bonchev–Trinajstić information content (AvgIpc) is 2.53. The molecule has 1 aliphatic rings. The summed E-state index contributed by atoms with van der Waals surface area (Å²) in [6.07, 6.45) is 6.24. The van der Waals surface area contributed by atoms with Gasteiger partial charge in [-0.1, -0.05) is 6.07 Å². The third-order valence-electron chi connectivity index (χ3n) is 3.94. The molecule has 1 aromatic carbocycles. The van der Waals surface area contributed by atoms with Gasteiger partial charge < -0.3 is 11.1 Å². The Hall–Kier alpha value is -1.27. The Kier molecular flexibility index (Phi) is 8.03. The number of hydrogen-bond acceptors (Lipinski definition) is 4. The van der Waals surface area contributed by atoms with Gasteiger partial charge in [0.15, 0.2) is 0 Å². The Morgan fingerprint density at radius 3 is 2.46 bits per heavy atom. The first-order valence-corrected chi connectivity index (χ1v) is 8.36. The van der Waals surface area contributed by atoms with Gasteiger partial charge in [0.05, 0.1) is 5.54 Å². The minimum Gasteiger partial charge on any atom is -0.324 e. The first kappa shape index (κ1) is 20.8. The Morgan fingerprint density at radius 2 is 1.92 bits per heavy atom. The minimum absolute atomic E-state index is 0. The van der Waals surface area contributed by atoms with Crippen molar-refractivity contribution in [1.29, 1.82) is 0 Å². The number of aromatic nitrogens is 1. The van der Waals surface area contributed by atoms with Crippen LogP contribution in [0.3, 0.4) is 0 Å². The number of amides is 1. The maximum atomic E-state index is 12.1. The summed E-state index contributed by atoms with van der Waals surface area (Å²) in [6.45, 7) is 0. The number of pyridine rings is 1. The second kappa shape index (κ2) is 9.28. The highest BCUT2D eigenvalue weighted by Crippen LogP contribution is 2.30. The summed E-state index contributed by atoms with van der Waals surface area (Å²) < 4.78 is 0. The van der Waals surface area contributed by atoms with Gasteiger partial charge in [0.25, 0.3) is 0 Å². The number of rotatable bonds is 5. The second-order valence-corrected chi connectivity index (χ2v) is 6.69. The molecule has 3 N–H and O–H groups in total. The Labute approximate surface area is 158 Å². The van der Waals surface area contributed by atoms with Crippen LogP contribution in [0.1, 0.15) is 24.8 Å². The molecule has 0 unspecified atom stereocenters. The zero-order valence-electron chi connectivity index (χ0n) is 13.1. The number of anilines is 1. The number of halogens is 2. The predicted octanol–water partition coefficient (Wildman–Crippen LogP) is 4.04. The highest BCUT2D eigenvalue weighted by Gasteiger charge is 2.40. The molecule has 1 aromatic heterocycles. The van der Waals surface area contributed by atoms with Crippen molar-refractivity contribution in [2.45, 2.75) is 35.4 Å². The number of carbonyl (C=O) groups excluding carboxylic acids is 1. The van der Waals surface area contributed by atoms with E-state index in [1.807, 2.05) is 36.5 Å². The molecule has 0 saturated heterocycles. The van der Waals surface area contributed by atoms with Gasteiger partial charge >= 0.3 is 0 Å². The summed E-state index contributed by atoms with van der Waals surface area (Å²) in [4.78, 5) is 17.3. The monoisotopic (exact) mass is 385 g/mol. The zero-order chi connectivity index (χ0) is 15.4. The highest BCUT2D eigenvalue weighted by molar-refractivity contribution is 7.98. The van der Waals surface area contributed by atoms with Crippen molar-refractivity contribution in [3.05, 3.63) is 54.4 Å². The van der Waals surface area contributed by atoms with E-state index >= 15 is 0 Å². The fourth-order valence-corrected chi connectivity index (χ4v) is 3.16. The molecular weight excluding hydrogens is 365 g/mol. The lowest BCUT2D eigenvalue weighted by atomic mass is 9.77. The topological polar surface area (TPSA) is 68.0 Å². The number of nitrogens with zero attached hydrogens (tertiary/aromatic N) is 1. The summed E-state index contributed by atoms with van der Waals surface area (Å²) in [7, 11) is 0. The molecule has 0 aliphatic heterocycles. The van der Waals surface area contributed by atoms with Crippen LogP contribution >= 0.6 is 36.6 Å². The summed E-state index contributed by atoms with van der Waals surface area (Å²) in [6, 6.07) is 11.9. The van der Waals surface area contributed by atoms with Crippen LogP contribution in [0.5, 0.6) is 0 Å². The van der Waals surface area contributed by atoms with Gasteiger partial charge in [-0.15, -0.1) is 36.6 Å². The molecule has 130 valence electrons. The van der Waals surface area contributed by atoms with E-state index in [1.54, 1.807) is 18.0 Å². The van der Waals surface area contributed by atoms with E-state index in [2.05, 4.69) is 16.4 Å². The van der Waals surface area contributed by atoms with Crippen LogP contribution in [0.2, 0.25) is 0 Å². The fourth-order valence-electron chi connectivity index (χ4n) is 2.32. The van der Waals surface area contributed by atoms with Gasteiger partial charge in [-0.05, 0) is 55.2 Å². The van der Waals surface area contributed by atoms with Crippen molar-refractivity contribution < 1.29 is 4.79 Å². The molecule has 1 aliphatic carbocycles. The Morgan fingerprint density at radius 1 is 1.21 bits per heavy atom. The van der Waals surface area contributed by atoms with Crippen LogP contribution in [-0.2, 0) is 10.5 Å². The molecule has 1 amide bonds. The number of benzene rings is 1. The second-order valence-electron chi connectivity index (χ2n) is 5.64. The van der Waals surface area contributed by atoms with Gasteiger partial charge in [-0.25, -0.2) is 0 Å². The van der Waals surface area contributed by atoms with E-state index in [-0.39, 0.29) is 30.7 Å². The van der Waals surface area contributed by atoms with Crippen molar-refractivity contribution >= 4 is 48.2 Å². The van der Waals surface area contributed by atoms with Crippen molar-refractivity contribution in [2.75, 3.05) is 5.32 Å². The third-order valence-corrected chi connectivity index (χ3v) is 5.02. The lowest BCUT2D eigenvalue weighted by molar-refractivity contribution is -0.123. The maximum Gasteiger partial charge on any atom is 0.244 e. The first-order valence-electron chi connectivity index (χ1n) is 7.38. The highest BCUT2D eigenvalue weighted by atomic mass is 35.5. The van der Waals surface area contributed by atoms with Crippen LogP contribution in [0, 0.1) is 0 Å². The van der Waals surface area contributed by atoms with E-state index in [0.717, 1.165) is 35.6 Å². The molecule has 1 saturated carbocycles. The van der Waals surface area contributed by atoms with E-state index in [1.165, 1.54) is 5.56 Å². The summed E-state index contributed by atoms with van der Waals surface area (Å²) in [5, 5.41) is 2.90. The molecule has 3 rings (SSSR count). The van der Waals surface area contributed by atoms with Crippen molar-refractivity contribution in [3.8, 4) is 0 Å². The van der Waals surface area contributed by atoms with Crippen LogP contribution < -0.4 is 11.1 Å². The molecule has 0 atom stereocenters. The Bertz CT molecular complexity index is 649. The van der Waals surface area contributed by atoms with E-state index in [4.69, 9.17) is 5.73 Å². The van der Waals surface area contributed by atoms with Gasteiger partial charge in [-0.2, -0.15) is 0 Å². The summed E-state index contributed by atoms with van der Waals surface area (Å²) in [5.74, 6) is 0.806. The van der Waals surface area contributed by atoms with Gasteiger partial charge in [-0.3, -0.25) is 9.78 Å². The van der Waals surface area contributed by atoms with E-state index in [0.29, 0.717) is 0 Å². The standard InChI is InChI=1S/C17H19N3OS.2ClH/c18-17(8-2-9-17)16(21)20-14-4-6-15(7-5-14)22-12-13-3-1-10-19-11-13;;/h1,3-7,10-11H,2,8-9,12,18H2,(H,20,21);2*1H. The number of carbonyl (C=O) groups is 1. The van der Waals surface area contributed by atoms with E-state index < -0.39 is 5.54 Å². The van der Waals surface area contributed by atoms with Crippen LogP contribution in [0.25, 0.3) is 0 Å². The summed E-state index contributed by atoms with van der Waals surface area (Å²) >= 11 is 1.74. The molecular formula is C17H21Cl2N3OS. The largest absolute Gasteiger partial charge is 0.324 e. The third kappa shape index (κ3) is 5.11. The van der Waals surface area contributed by atoms with E-state index in [9.17, 15) is 4.79 Å². The number of thioether (sulfide) groups is 1. The number of hydrogen-bond donors (Lipinski definition) is 2. The maximum absolute atomic E-state index is 12.1.